The molecule has 6 nitrogen and oxygen atoms in total. The molecule has 0 bridgehead atoms. The molecule has 132 valence electrons. The summed E-state index contributed by atoms with van der Waals surface area (Å²) in [5.41, 5.74) is 2.74. The molecular weight excluding hydrogens is 316 g/mol. The maximum atomic E-state index is 12.4. The van der Waals surface area contributed by atoms with E-state index in [0.29, 0.717) is 12.0 Å². The van der Waals surface area contributed by atoms with E-state index in [1.807, 2.05) is 41.9 Å². The minimum absolute atomic E-state index is 0.157. The monoisotopic (exact) mass is 340 g/mol. The van der Waals surface area contributed by atoms with E-state index in [4.69, 9.17) is 4.74 Å². The van der Waals surface area contributed by atoms with Crippen molar-refractivity contribution in [2.24, 2.45) is 5.92 Å². The molecule has 6 heteroatoms. The molecule has 4 rings (SSSR count). The van der Waals surface area contributed by atoms with E-state index < -0.39 is 0 Å². The van der Waals surface area contributed by atoms with Gasteiger partial charge in [0.2, 0.25) is 0 Å². The van der Waals surface area contributed by atoms with Gasteiger partial charge in [0.1, 0.15) is 0 Å². The molecule has 25 heavy (non-hydrogen) atoms. The van der Waals surface area contributed by atoms with E-state index in [1.165, 1.54) is 12.8 Å². The highest BCUT2D eigenvalue weighted by atomic mass is 16.5. The van der Waals surface area contributed by atoms with Gasteiger partial charge in [0.15, 0.2) is 0 Å². The molecule has 1 aromatic carbocycles. The molecule has 2 aromatic rings. The second kappa shape index (κ2) is 6.88. The third-order valence-electron chi connectivity index (χ3n) is 4.98. The molecule has 0 unspecified atom stereocenters. The van der Waals surface area contributed by atoms with Crippen molar-refractivity contribution in [1.29, 1.82) is 0 Å². The largest absolute Gasteiger partial charge is 0.378 e. The van der Waals surface area contributed by atoms with Crippen LogP contribution in [0.15, 0.2) is 36.5 Å². The van der Waals surface area contributed by atoms with Gasteiger partial charge in [0.05, 0.1) is 11.8 Å². The van der Waals surface area contributed by atoms with Crippen molar-refractivity contribution in [1.82, 2.24) is 15.1 Å². The fourth-order valence-electron chi connectivity index (χ4n) is 3.46. The van der Waals surface area contributed by atoms with E-state index in [9.17, 15) is 4.79 Å². The molecule has 2 heterocycles. The summed E-state index contributed by atoms with van der Waals surface area (Å²) < 4.78 is 7.67. The van der Waals surface area contributed by atoms with E-state index in [2.05, 4.69) is 15.7 Å². The molecule has 1 aliphatic heterocycles. The van der Waals surface area contributed by atoms with E-state index in [0.717, 1.165) is 36.5 Å². The second-order valence-electron chi connectivity index (χ2n) is 7.00. The molecule has 2 atom stereocenters. The molecule has 2 amide bonds. The summed E-state index contributed by atoms with van der Waals surface area (Å²) >= 11 is 0. The lowest BCUT2D eigenvalue weighted by molar-refractivity contribution is -0.00889. The van der Waals surface area contributed by atoms with Crippen LogP contribution in [0.5, 0.6) is 0 Å². The Morgan fingerprint density at radius 3 is 2.92 bits per heavy atom. The lowest BCUT2D eigenvalue weighted by Crippen LogP contribution is -2.44. The van der Waals surface area contributed by atoms with E-state index >= 15 is 0 Å². The van der Waals surface area contributed by atoms with Crippen LogP contribution in [-0.2, 0) is 4.74 Å². The maximum absolute atomic E-state index is 12.4. The first-order valence-electron chi connectivity index (χ1n) is 8.99. The Morgan fingerprint density at radius 1 is 1.28 bits per heavy atom. The molecule has 1 aromatic heterocycles. The number of hydrogen-bond acceptors (Lipinski definition) is 3. The Labute approximate surface area is 147 Å². The maximum Gasteiger partial charge on any atom is 0.319 e. The lowest BCUT2D eigenvalue weighted by atomic mass is 10.0. The number of ether oxygens (including phenoxy) is 1. The lowest BCUT2D eigenvalue weighted by Gasteiger charge is -2.30. The Morgan fingerprint density at radius 2 is 2.16 bits per heavy atom. The average molecular weight is 340 g/mol. The summed E-state index contributed by atoms with van der Waals surface area (Å²) in [4.78, 5) is 12.4. The van der Waals surface area contributed by atoms with Crippen LogP contribution in [0, 0.1) is 12.8 Å². The van der Waals surface area contributed by atoms with Gasteiger partial charge in [-0.15, -0.1) is 0 Å². The van der Waals surface area contributed by atoms with Gasteiger partial charge in [0, 0.05) is 30.2 Å². The van der Waals surface area contributed by atoms with Crippen LogP contribution in [0.4, 0.5) is 10.5 Å². The van der Waals surface area contributed by atoms with E-state index in [1.54, 1.807) is 6.20 Å². The third kappa shape index (κ3) is 3.85. The minimum atomic E-state index is -0.157. The third-order valence-corrected chi connectivity index (χ3v) is 4.98. The number of rotatable bonds is 4. The summed E-state index contributed by atoms with van der Waals surface area (Å²) in [5, 5.41) is 10.3. The van der Waals surface area contributed by atoms with Crippen LogP contribution in [0.25, 0.3) is 5.69 Å². The standard InChI is InChI=1S/C19H24N4O2/c1-13-7-9-20-23(13)17-4-2-3-15(11-17)21-19(24)22-16-8-10-25-18(12-16)14-5-6-14/h2-4,7,9,11,14,16,18H,5-6,8,10,12H2,1H3,(H2,21,22,24)/t16-,18-/m1/s1. The molecular formula is C19H24N4O2. The minimum Gasteiger partial charge on any atom is -0.378 e. The summed E-state index contributed by atoms with van der Waals surface area (Å²) in [5.74, 6) is 0.710. The Bertz CT molecular complexity index is 753. The summed E-state index contributed by atoms with van der Waals surface area (Å²) in [7, 11) is 0. The van der Waals surface area contributed by atoms with Crippen molar-refractivity contribution in [3.63, 3.8) is 0 Å². The van der Waals surface area contributed by atoms with Gasteiger partial charge in [0.25, 0.3) is 0 Å². The predicted octanol–water partition coefficient (Wildman–Crippen LogP) is 3.26. The van der Waals surface area contributed by atoms with Gasteiger partial charge < -0.3 is 15.4 Å². The SMILES string of the molecule is Cc1ccnn1-c1cccc(NC(=O)N[C@@H]2CCO[C@@H](C3CC3)C2)c1. The van der Waals surface area contributed by atoms with Gasteiger partial charge in [-0.05, 0) is 62.8 Å². The first kappa shape index (κ1) is 16.1. The quantitative estimate of drug-likeness (QED) is 0.898. The second-order valence-corrected chi connectivity index (χ2v) is 7.00. The first-order valence-corrected chi connectivity index (χ1v) is 8.99. The number of benzene rings is 1. The molecule has 1 aliphatic carbocycles. The molecule has 1 saturated heterocycles. The summed E-state index contributed by atoms with van der Waals surface area (Å²) in [6.07, 6.45) is 6.43. The van der Waals surface area contributed by atoms with Gasteiger partial charge in [-0.25, -0.2) is 9.48 Å². The van der Waals surface area contributed by atoms with Crippen LogP contribution in [0.1, 0.15) is 31.4 Å². The predicted molar refractivity (Wildman–Crippen MR) is 95.9 cm³/mol. The topological polar surface area (TPSA) is 68.2 Å². The molecule has 2 N–H and O–H groups in total. The smallest absolute Gasteiger partial charge is 0.319 e. The number of hydrogen-bond donors (Lipinski definition) is 2. The van der Waals surface area contributed by atoms with Crippen LogP contribution in [0.3, 0.4) is 0 Å². The van der Waals surface area contributed by atoms with Crippen molar-refractivity contribution in [2.45, 2.75) is 44.8 Å². The molecule has 1 saturated carbocycles. The first-order chi connectivity index (χ1) is 12.2. The van der Waals surface area contributed by atoms with Crippen molar-refractivity contribution >= 4 is 11.7 Å². The van der Waals surface area contributed by atoms with E-state index in [-0.39, 0.29) is 12.1 Å². The summed E-state index contributed by atoms with van der Waals surface area (Å²) in [6.45, 7) is 2.74. The zero-order chi connectivity index (χ0) is 17.2. The highest BCUT2D eigenvalue weighted by Gasteiger charge is 2.36. The van der Waals surface area contributed by atoms with Crippen LogP contribution in [-0.4, -0.2) is 34.6 Å². The van der Waals surface area contributed by atoms with Crippen molar-refractivity contribution < 1.29 is 9.53 Å². The van der Waals surface area contributed by atoms with Crippen LogP contribution >= 0.6 is 0 Å². The Kier molecular flexibility index (Phi) is 4.44. The Balaban J connectivity index is 1.37. The average Bonchev–Trinajstić information content (AvgIpc) is 3.37. The van der Waals surface area contributed by atoms with Crippen molar-refractivity contribution in [3.8, 4) is 5.69 Å². The highest BCUT2D eigenvalue weighted by molar-refractivity contribution is 5.89. The van der Waals surface area contributed by atoms with Crippen molar-refractivity contribution in [2.75, 3.05) is 11.9 Å². The number of amides is 2. The van der Waals surface area contributed by atoms with Gasteiger partial charge in [-0.3, -0.25) is 0 Å². The van der Waals surface area contributed by atoms with Gasteiger partial charge >= 0.3 is 6.03 Å². The number of aryl methyl sites for hydroxylation is 1. The molecule has 2 aliphatic rings. The fraction of sp³-hybridized carbons (Fsp3) is 0.474. The zero-order valence-electron chi connectivity index (χ0n) is 14.4. The molecule has 0 radical (unpaired) electrons. The zero-order valence-corrected chi connectivity index (χ0v) is 14.4. The van der Waals surface area contributed by atoms with Crippen molar-refractivity contribution in [3.05, 3.63) is 42.2 Å². The number of nitrogens with one attached hydrogen (secondary N) is 2. The normalized spacial score (nSPS) is 23.2. The number of anilines is 1. The number of aromatic nitrogens is 2. The molecule has 0 spiro atoms. The highest BCUT2D eigenvalue weighted by Crippen LogP contribution is 2.38. The fourth-order valence-corrected chi connectivity index (χ4v) is 3.46. The number of urea groups is 1. The Hall–Kier alpha value is -2.34. The van der Waals surface area contributed by atoms with Crippen LogP contribution in [0.2, 0.25) is 0 Å². The number of nitrogens with zero attached hydrogens (tertiary/aromatic N) is 2. The number of carbonyl (C=O) groups excluding carboxylic acids is 1. The van der Waals surface area contributed by atoms with Crippen LogP contribution < -0.4 is 10.6 Å². The number of carbonyl (C=O) groups is 1. The molecule has 2 fully saturated rings. The van der Waals surface area contributed by atoms with Gasteiger partial charge in [-0.2, -0.15) is 5.10 Å². The summed E-state index contributed by atoms with van der Waals surface area (Å²) in [6, 6.07) is 9.70. The van der Waals surface area contributed by atoms with Gasteiger partial charge in [-0.1, -0.05) is 6.07 Å².